The first-order valence-corrected chi connectivity index (χ1v) is 13.8. The summed E-state index contributed by atoms with van der Waals surface area (Å²) in [6.07, 6.45) is 16.6. The van der Waals surface area contributed by atoms with Crippen LogP contribution in [0, 0.1) is 52.3 Å². The lowest BCUT2D eigenvalue weighted by Crippen LogP contribution is -2.54. The fourth-order valence-electron chi connectivity index (χ4n) is 9.59. The second kappa shape index (κ2) is 9.02. The van der Waals surface area contributed by atoms with Gasteiger partial charge in [0.15, 0.2) is 0 Å². The van der Waals surface area contributed by atoms with E-state index in [0.29, 0.717) is 10.8 Å². The highest BCUT2D eigenvalue weighted by atomic mass is 16.5. The highest BCUT2D eigenvalue weighted by Crippen LogP contribution is 2.68. The smallest absolute Gasteiger partial charge is 0.302 e. The Kier molecular flexibility index (Phi) is 6.87. The lowest BCUT2D eigenvalue weighted by atomic mass is 9.44. The molecule has 0 saturated heterocycles. The van der Waals surface area contributed by atoms with Gasteiger partial charge in [-0.1, -0.05) is 53.9 Å². The molecule has 4 saturated carbocycles. The van der Waals surface area contributed by atoms with E-state index in [2.05, 4.69) is 34.6 Å². The van der Waals surface area contributed by atoms with Crippen LogP contribution in [0.1, 0.15) is 119 Å². The molecule has 0 aromatic heterocycles. The van der Waals surface area contributed by atoms with Crippen molar-refractivity contribution in [3.05, 3.63) is 0 Å². The molecule has 0 heterocycles. The average molecular weight is 431 g/mol. The molecule has 2 nitrogen and oxygen atoms in total. The molecule has 0 amide bonds. The summed E-state index contributed by atoms with van der Waals surface area (Å²) in [4.78, 5) is 11.5. The van der Waals surface area contributed by atoms with Crippen molar-refractivity contribution in [1.82, 2.24) is 0 Å². The number of esters is 1. The predicted molar refractivity (Wildman–Crippen MR) is 129 cm³/mol. The summed E-state index contributed by atoms with van der Waals surface area (Å²) in [5.41, 5.74) is 1.08. The Bertz CT molecular complexity index is 641. The number of fused-ring (bicyclic) bond motifs is 5. The van der Waals surface area contributed by atoms with E-state index in [9.17, 15) is 4.79 Å². The van der Waals surface area contributed by atoms with Crippen molar-refractivity contribution >= 4 is 5.97 Å². The lowest BCUT2D eigenvalue weighted by molar-refractivity contribution is -0.160. The molecule has 4 rings (SSSR count). The highest BCUT2D eigenvalue weighted by molar-refractivity contribution is 5.66. The normalized spacial score (nSPS) is 45.5. The number of ether oxygens (including phenoxy) is 1. The van der Waals surface area contributed by atoms with E-state index in [4.69, 9.17) is 4.74 Å². The molecule has 0 bridgehead atoms. The molecule has 0 aliphatic heterocycles. The fraction of sp³-hybridized carbons (Fsp3) is 0.966. The summed E-state index contributed by atoms with van der Waals surface area (Å²) in [7, 11) is 0. The molecule has 4 aliphatic rings. The Balaban J connectivity index is 1.43. The van der Waals surface area contributed by atoms with Gasteiger partial charge < -0.3 is 4.74 Å². The van der Waals surface area contributed by atoms with E-state index in [0.717, 1.165) is 54.3 Å². The van der Waals surface area contributed by atoms with Crippen LogP contribution in [-0.4, -0.2) is 12.1 Å². The third-order valence-corrected chi connectivity index (χ3v) is 11.2. The molecule has 0 aromatic carbocycles. The van der Waals surface area contributed by atoms with Gasteiger partial charge >= 0.3 is 5.97 Å². The number of hydrogen-bond acceptors (Lipinski definition) is 2. The van der Waals surface area contributed by atoms with Crippen molar-refractivity contribution in [3.8, 4) is 0 Å². The van der Waals surface area contributed by atoms with Crippen LogP contribution in [0.3, 0.4) is 0 Å². The summed E-state index contributed by atoms with van der Waals surface area (Å²) in [6.45, 7) is 14.2. The Morgan fingerprint density at radius 3 is 2.32 bits per heavy atom. The number of rotatable bonds is 6. The van der Waals surface area contributed by atoms with Gasteiger partial charge in [-0.05, 0) is 110 Å². The number of hydrogen-bond donors (Lipinski definition) is 0. The van der Waals surface area contributed by atoms with Crippen molar-refractivity contribution in [2.45, 2.75) is 125 Å². The van der Waals surface area contributed by atoms with Gasteiger partial charge in [-0.25, -0.2) is 0 Å². The Morgan fingerprint density at radius 1 is 0.903 bits per heavy atom. The third kappa shape index (κ3) is 4.35. The molecule has 31 heavy (non-hydrogen) atoms. The molecule has 4 fully saturated rings. The fourth-order valence-corrected chi connectivity index (χ4v) is 9.59. The molecular weight excluding hydrogens is 380 g/mol. The molecule has 4 aliphatic carbocycles. The van der Waals surface area contributed by atoms with E-state index in [-0.39, 0.29) is 12.1 Å². The maximum Gasteiger partial charge on any atom is 0.302 e. The van der Waals surface area contributed by atoms with Crippen LogP contribution in [0.5, 0.6) is 0 Å². The first-order chi connectivity index (χ1) is 14.6. The number of carbonyl (C=O) groups excluding carboxylic acids is 1. The van der Waals surface area contributed by atoms with Gasteiger partial charge in [0.2, 0.25) is 0 Å². The Hall–Kier alpha value is -0.530. The van der Waals surface area contributed by atoms with Gasteiger partial charge in [0.05, 0.1) is 0 Å². The summed E-state index contributed by atoms with van der Waals surface area (Å²) in [5.74, 6) is 6.22. The van der Waals surface area contributed by atoms with Crippen molar-refractivity contribution in [3.63, 3.8) is 0 Å². The maximum absolute atomic E-state index is 11.5. The van der Waals surface area contributed by atoms with Gasteiger partial charge in [-0.2, -0.15) is 0 Å². The third-order valence-electron chi connectivity index (χ3n) is 11.2. The number of carbonyl (C=O) groups is 1. The molecule has 178 valence electrons. The Morgan fingerprint density at radius 2 is 1.61 bits per heavy atom. The molecule has 0 spiro atoms. The zero-order valence-electron chi connectivity index (χ0n) is 21.4. The van der Waals surface area contributed by atoms with Crippen molar-refractivity contribution in [1.29, 1.82) is 0 Å². The van der Waals surface area contributed by atoms with Crippen LogP contribution >= 0.6 is 0 Å². The van der Waals surface area contributed by atoms with E-state index in [1.54, 1.807) is 6.92 Å². The zero-order valence-corrected chi connectivity index (χ0v) is 21.4. The summed E-state index contributed by atoms with van der Waals surface area (Å²) < 4.78 is 5.65. The first kappa shape index (κ1) is 23.6. The molecule has 2 heteroatoms. The van der Waals surface area contributed by atoms with Gasteiger partial charge in [-0.3, -0.25) is 4.79 Å². The summed E-state index contributed by atoms with van der Waals surface area (Å²) in [6, 6.07) is 0. The molecule has 0 N–H and O–H groups in total. The summed E-state index contributed by atoms with van der Waals surface area (Å²) >= 11 is 0. The van der Waals surface area contributed by atoms with E-state index in [1.807, 2.05) is 0 Å². The molecule has 0 radical (unpaired) electrons. The van der Waals surface area contributed by atoms with E-state index < -0.39 is 0 Å². The second-order valence-corrected chi connectivity index (χ2v) is 13.2. The Labute approximate surface area is 192 Å². The quantitative estimate of drug-likeness (QED) is 0.398. The molecule has 0 aromatic rings. The standard InChI is InChI=1S/C29H50O2/c1-19(2)8-7-9-20(3)25-12-13-26-24-11-10-22-18-23(31-21(4)30)14-16-28(22,5)27(24)15-17-29(25,26)6/h19-20,22-27H,7-18H2,1-6H3/t20?,22?,23-,24-,25+,26-,27-,28-,29+/m0/s1. The second-order valence-electron chi connectivity index (χ2n) is 13.2. The monoisotopic (exact) mass is 430 g/mol. The molecule has 2 unspecified atom stereocenters. The zero-order chi connectivity index (χ0) is 22.4. The molecule has 9 atom stereocenters. The lowest BCUT2D eigenvalue weighted by Gasteiger charge is -2.61. The van der Waals surface area contributed by atoms with Crippen molar-refractivity contribution < 1.29 is 9.53 Å². The molecular formula is C29H50O2. The van der Waals surface area contributed by atoms with Crippen LogP contribution in [0.4, 0.5) is 0 Å². The van der Waals surface area contributed by atoms with E-state index in [1.165, 1.54) is 64.2 Å². The summed E-state index contributed by atoms with van der Waals surface area (Å²) in [5, 5.41) is 0. The van der Waals surface area contributed by atoms with Gasteiger partial charge in [0.1, 0.15) is 6.10 Å². The minimum Gasteiger partial charge on any atom is -0.463 e. The van der Waals surface area contributed by atoms with Gasteiger partial charge in [-0.15, -0.1) is 0 Å². The maximum atomic E-state index is 11.5. The van der Waals surface area contributed by atoms with Crippen LogP contribution in [-0.2, 0) is 9.53 Å². The van der Waals surface area contributed by atoms with Gasteiger partial charge in [0.25, 0.3) is 0 Å². The highest BCUT2D eigenvalue weighted by Gasteiger charge is 2.60. The minimum atomic E-state index is -0.0877. The van der Waals surface area contributed by atoms with E-state index >= 15 is 0 Å². The largest absolute Gasteiger partial charge is 0.463 e. The SMILES string of the molecule is CC(=O)O[C@H]1CC[C@@]2(C)C(CC[C@H]3[C@@H]4CC[C@H](C(C)CCCC(C)C)[C@@]4(C)CC[C@@H]32)C1. The first-order valence-electron chi connectivity index (χ1n) is 13.8. The predicted octanol–water partition coefficient (Wildman–Crippen LogP) is 8.04. The van der Waals surface area contributed by atoms with Crippen LogP contribution in [0.25, 0.3) is 0 Å². The van der Waals surface area contributed by atoms with Crippen LogP contribution in [0.2, 0.25) is 0 Å². The average Bonchev–Trinajstić information content (AvgIpc) is 3.05. The topological polar surface area (TPSA) is 26.3 Å². The van der Waals surface area contributed by atoms with Crippen molar-refractivity contribution in [2.75, 3.05) is 0 Å². The van der Waals surface area contributed by atoms with Crippen LogP contribution in [0.15, 0.2) is 0 Å². The minimum absolute atomic E-state index is 0.0877. The van der Waals surface area contributed by atoms with Gasteiger partial charge in [0, 0.05) is 6.92 Å². The van der Waals surface area contributed by atoms with Crippen molar-refractivity contribution in [2.24, 2.45) is 52.3 Å². The van der Waals surface area contributed by atoms with Crippen LogP contribution < -0.4 is 0 Å².